The number of hydrogen-bond acceptors (Lipinski definition) is 3. The predicted octanol–water partition coefficient (Wildman–Crippen LogP) is 0.759. The smallest absolute Gasteiger partial charge is 0.320 e. The number of carboxylic acid groups (broad SMARTS) is 1. The van der Waals surface area contributed by atoms with Gasteiger partial charge in [0, 0.05) is 0 Å². The van der Waals surface area contributed by atoms with Gasteiger partial charge in [-0.15, -0.1) is 0 Å². The predicted molar refractivity (Wildman–Crippen MR) is 48.2 cm³/mol. The van der Waals surface area contributed by atoms with Gasteiger partial charge in [-0.3, -0.25) is 4.79 Å². The van der Waals surface area contributed by atoms with Gasteiger partial charge in [0.25, 0.3) is 0 Å². The van der Waals surface area contributed by atoms with Gasteiger partial charge in [-0.05, 0) is 25.1 Å². The van der Waals surface area contributed by atoms with Crippen molar-refractivity contribution in [1.29, 1.82) is 0 Å². The van der Waals surface area contributed by atoms with E-state index in [-0.39, 0.29) is 0 Å². The molecule has 11 heavy (non-hydrogen) atoms. The maximum Gasteiger partial charge on any atom is 0.320 e. The number of carboxylic acids is 1. The lowest BCUT2D eigenvalue weighted by Crippen LogP contribution is -2.37. The zero-order chi connectivity index (χ0) is 8.69. The zero-order valence-electron chi connectivity index (χ0n) is 6.71. The average molecular weight is 177 g/mol. The fraction of sp³-hybridized carbons (Fsp3) is 0.857. The van der Waals surface area contributed by atoms with Crippen LogP contribution in [0.1, 0.15) is 19.8 Å². The summed E-state index contributed by atoms with van der Waals surface area (Å²) in [4.78, 5) is 10.5. The molecule has 0 heterocycles. The molecule has 0 aliphatic carbocycles. The molecule has 4 heteroatoms. The molecule has 0 bridgehead atoms. The van der Waals surface area contributed by atoms with E-state index in [0.29, 0.717) is 12.2 Å². The number of aliphatic carboxylic acids is 1. The summed E-state index contributed by atoms with van der Waals surface area (Å²) in [6.45, 7) is 2.76. The van der Waals surface area contributed by atoms with E-state index >= 15 is 0 Å². The minimum atomic E-state index is -0.785. The van der Waals surface area contributed by atoms with Gasteiger partial charge in [0.15, 0.2) is 0 Å². The molecule has 0 saturated heterocycles. The van der Waals surface area contributed by atoms with Gasteiger partial charge in [0.2, 0.25) is 0 Å². The summed E-state index contributed by atoms with van der Waals surface area (Å²) in [5, 5.41) is 11.6. The van der Waals surface area contributed by atoms with Crippen molar-refractivity contribution in [2.45, 2.75) is 25.8 Å². The summed E-state index contributed by atoms with van der Waals surface area (Å²) < 4.78 is 0. The van der Waals surface area contributed by atoms with Crippen molar-refractivity contribution < 1.29 is 9.90 Å². The highest BCUT2D eigenvalue weighted by Gasteiger charge is 2.13. The van der Waals surface area contributed by atoms with E-state index in [1.807, 2.05) is 6.92 Å². The zero-order valence-corrected chi connectivity index (χ0v) is 7.60. The Morgan fingerprint density at radius 3 is 2.73 bits per heavy atom. The largest absolute Gasteiger partial charge is 0.480 e. The minimum Gasteiger partial charge on any atom is -0.480 e. The Morgan fingerprint density at radius 1 is 1.73 bits per heavy atom. The van der Waals surface area contributed by atoms with Gasteiger partial charge >= 0.3 is 5.97 Å². The Kier molecular flexibility index (Phi) is 6.36. The molecule has 0 aliphatic rings. The van der Waals surface area contributed by atoms with Crippen molar-refractivity contribution in [3.8, 4) is 0 Å². The first-order valence-electron chi connectivity index (χ1n) is 3.79. The van der Waals surface area contributed by atoms with Crippen molar-refractivity contribution >= 4 is 18.6 Å². The highest BCUT2D eigenvalue weighted by atomic mass is 32.1. The molecule has 1 atom stereocenters. The third-order valence-corrected chi connectivity index (χ3v) is 1.61. The lowest BCUT2D eigenvalue weighted by atomic mass is 10.2. The Balaban J connectivity index is 3.60. The fourth-order valence-electron chi connectivity index (χ4n) is 0.761. The third-order valence-electron chi connectivity index (χ3n) is 1.36. The molecule has 0 aliphatic heterocycles. The molecule has 0 unspecified atom stereocenters. The van der Waals surface area contributed by atoms with Crippen LogP contribution in [-0.4, -0.2) is 29.4 Å². The second kappa shape index (κ2) is 6.49. The summed E-state index contributed by atoms with van der Waals surface area (Å²) in [7, 11) is 0. The number of nitrogens with one attached hydrogen (secondary N) is 1. The third kappa shape index (κ3) is 5.09. The number of hydrogen-bond donors (Lipinski definition) is 3. The summed E-state index contributed by atoms with van der Waals surface area (Å²) in [5.41, 5.74) is 0. The molecule has 0 spiro atoms. The van der Waals surface area contributed by atoms with E-state index in [2.05, 4.69) is 17.9 Å². The Bertz CT molecular complexity index is 119. The fourth-order valence-corrected chi connectivity index (χ4v) is 1.02. The van der Waals surface area contributed by atoms with Crippen LogP contribution in [0.2, 0.25) is 0 Å². The van der Waals surface area contributed by atoms with Crippen LogP contribution in [-0.2, 0) is 4.79 Å². The standard InChI is InChI=1S/C7H15NO2S/c1-2-4-8-6(3-5-11)7(9)10/h6,8,11H,2-5H2,1H3,(H,9,10)/t6-/m0/s1. The Morgan fingerprint density at radius 2 is 2.36 bits per heavy atom. The molecule has 0 rings (SSSR count). The van der Waals surface area contributed by atoms with Gasteiger partial charge in [0.05, 0.1) is 0 Å². The molecular formula is C7H15NO2S. The first-order valence-corrected chi connectivity index (χ1v) is 4.42. The van der Waals surface area contributed by atoms with Crippen molar-refractivity contribution in [1.82, 2.24) is 5.32 Å². The van der Waals surface area contributed by atoms with Crippen LogP contribution < -0.4 is 5.32 Å². The van der Waals surface area contributed by atoms with Crippen LogP contribution in [0.3, 0.4) is 0 Å². The van der Waals surface area contributed by atoms with Gasteiger partial charge in [0.1, 0.15) is 6.04 Å². The molecule has 2 N–H and O–H groups in total. The first kappa shape index (κ1) is 10.8. The van der Waals surface area contributed by atoms with Crippen LogP contribution in [0.5, 0.6) is 0 Å². The highest BCUT2D eigenvalue weighted by molar-refractivity contribution is 7.80. The Hall–Kier alpha value is -0.220. The maximum atomic E-state index is 10.5. The number of thiol groups is 1. The average Bonchev–Trinajstić information content (AvgIpc) is 1.97. The molecule has 0 aromatic rings. The summed E-state index contributed by atoms with van der Waals surface area (Å²) in [5.74, 6) is -0.180. The van der Waals surface area contributed by atoms with E-state index in [1.54, 1.807) is 0 Å². The van der Waals surface area contributed by atoms with Crippen LogP contribution in [0, 0.1) is 0 Å². The van der Waals surface area contributed by atoms with Crippen LogP contribution in [0.15, 0.2) is 0 Å². The summed E-state index contributed by atoms with van der Waals surface area (Å²) in [6, 6.07) is -0.424. The second-order valence-corrected chi connectivity index (χ2v) is 2.80. The van der Waals surface area contributed by atoms with Crippen LogP contribution in [0.25, 0.3) is 0 Å². The van der Waals surface area contributed by atoms with E-state index < -0.39 is 12.0 Å². The van der Waals surface area contributed by atoms with E-state index in [9.17, 15) is 4.79 Å². The molecule has 0 fully saturated rings. The monoisotopic (exact) mass is 177 g/mol. The molecule has 0 amide bonds. The Labute approximate surface area is 72.6 Å². The minimum absolute atomic E-state index is 0.424. The normalized spacial score (nSPS) is 12.9. The van der Waals surface area contributed by atoms with Gasteiger partial charge < -0.3 is 10.4 Å². The van der Waals surface area contributed by atoms with Crippen LogP contribution >= 0.6 is 12.6 Å². The number of carbonyl (C=O) groups is 1. The topological polar surface area (TPSA) is 49.3 Å². The molecule has 0 aromatic carbocycles. The number of rotatable bonds is 6. The molecule has 3 nitrogen and oxygen atoms in total. The van der Waals surface area contributed by atoms with Gasteiger partial charge in [-0.25, -0.2) is 0 Å². The summed E-state index contributed by atoms with van der Waals surface area (Å²) >= 11 is 3.97. The summed E-state index contributed by atoms with van der Waals surface area (Å²) in [6.07, 6.45) is 1.54. The molecule has 66 valence electrons. The van der Waals surface area contributed by atoms with Gasteiger partial charge in [-0.1, -0.05) is 6.92 Å². The quantitative estimate of drug-likeness (QED) is 0.525. The first-order chi connectivity index (χ1) is 5.22. The second-order valence-electron chi connectivity index (χ2n) is 2.36. The van der Waals surface area contributed by atoms with Crippen molar-refractivity contribution in [3.63, 3.8) is 0 Å². The molecular weight excluding hydrogens is 162 g/mol. The molecule has 0 radical (unpaired) electrons. The van der Waals surface area contributed by atoms with Crippen molar-refractivity contribution in [2.24, 2.45) is 0 Å². The lowest BCUT2D eigenvalue weighted by molar-refractivity contribution is -0.139. The van der Waals surface area contributed by atoms with E-state index in [4.69, 9.17) is 5.11 Å². The maximum absolute atomic E-state index is 10.5. The van der Waals surface area contributed by atoms with E-state index in [1.165, 1.54) is 0 Å². The highest BCUT2D eigenvalue weighted by Crippen LogP contribution is 1.94. The van der Waals surface area contributed by atoms with Gasteiger partial charge in [-0.2, -0.15) is 12.6 Å². The van der Waals surface area contributed by atoms with Crippen LogP contribution in [0.4, 0.5) is 0 Å². The van der Waals surface area contributed by atoms with Crippen molar-refractivity contribution in [3.05, 3.63) is 0 Å². The molecule has 0 saturated carbocycles. The lowest BCUT2D eigenvalue weighted by Gasteiger charge is -2.11. The SMILES string of the molecule is CCCN[C@@H](CCS)C(=O)O. The van der Waals surface area contributed by atoms with E-state index in [0.717, 1.165) is 13.0 Å². The molecule has 0 aromatic heterocycles. The van der Waals surface area contributed by atoms with Crippen molar-refractivity contribution in [2.75, 3.05) is 12.3 Å².